The lowest BCUT2D eigenvalue weighted by atomic mass is 9.81. The van der Waals surface area contributed by atoms with Crippen LogP contribution < -0.4 is 10.6 Å². The normalized spacial score (nSPS) is 18.5. The molecule has 2 heterocycles. The predicted octanol–water partition coefficient (Wildman–Crippen LogP) is 3.29. The molecule has 1 saturated heterocycles. The monoisotopic (exact) mass is 594 g/mol. The molecule has 3 aromatic rings. The van der Waals surface area contributed by atoms with Crippen molar-refractivity contribution in [3.05, 3.63) is 94.8 Å². The van der Waals surface area contributed by atoms with E-state index in [4.69, 9.17) is 0 Å². The summed E-state index contributed by atoms with van der Waals surface area (Å²) in [5.41, 5.74) is 0.249. The molecule has 9 nitrogen and oxygen atoms in total. The summed E-state index contributed by atoms with van der Waals surface area (Å²) in [5, 5.41) is 26.9. The highest BCUT2D eigenvalue weighted by atomic mass is 19.3. The molecule has 0 radical (unpaired) electrons. The number of halogens is 2. The van der Waals surface area contributed by atoms with E-state index in [1.807, 2.05) is 0 Å². The lowest BCUT2D eigenvalue weighted by molar-refractivity contribution is -0.148. The molecular formula is C32H36F2N4O5. The number of alkyl halides is 2. The predicted molar refractivity (Wildman–Crippen MR) is 155 cm³/mol. The Morgan fingerprint density at radius 3 is 2.40 bits per heavy atom. The number of carbonyl (C=O) groups excluding carboxylic acids is 3. The summed E-state index contributed by atoms with van der Waals surface area (Å²) < 4.78 is 30.6. The molecule has 0 saturated carbocycles. The third-order valence-electron chi connectivity index (χ3n) is 8.03. The molecule has 1 aliphatic rings. The minimum Gasteiger partial charge on any atom is -0.508 e. The number of hydrogen-bond acceptors (Lipinski definition) is 6. The van der Waals surface area contributed by atoms with Gasteiger partial charge in [0.1, 0.15) is 11.8 Å². The van der Waals surface area contributed by atoms with Gasteiger partial charge in [-0.05, 0) is 55.7 Å². The van der Waals surface area contributed by atoms with E-state index in [2.05, 4.69) is 15.6 Å². The average molecular weight is 595 g/mol. The van der Waals surface area contributed by atoms with Crippen molar-refractivity contribution in [1.29, 1.82) is 0 Å². The topological polar surface area (TPSA) is 132 Å². The molecule has 4 N–H and O–H groups in total. The summed E-state index contributed by atoms with van der Waals surface area (Å²) >= 11 is 0. The van der Waals surface area contributed by atoms with Crippen LogP contribution in [0.2, 0.25) is 0 Å². The Balaban J connectivity index is 1.63. The quantitative estimate of drug-likeness (QED) is 0.301. The zero-order valence-corrected chi connectivity index (χ0v) is 24.5. The van der Waals surface area contributed by atoms with Gasteiger partial charge in [-0.1, -0.05) is 50.2 Å². The summed E-state index contributed by atoms with van der Waals surface area (Å²) in [6.07, 6.45) is -0.457. The van der Waals surface area contributed by atoms with Gasteiger partial charge in [0.15, 0.2) is 6.10 Å². The second-order valence-electron chi connectivity index (χ2n) is 11.5. The fraction of sp³-hybridized carbons (Fsp3) is 0.375. The van der Waals surface area contributed by atoms with Gasteiger partial charge in [0.2, 0.25) is 5.91 Å². The first-order chi connectivity index (χ1) is 20.2. The summed E-state index contributed by atoms with van der Waals surface area (Å²) in [7, 11) is 0. The Morgan fingerprint density at radius 2 is 1.74 bits per heavy atom. The summed E-state index contributed by atoms with van der Waals surface area (Å²) in [6.45, 7) is 4.53. The van der Waals surface area contributed by atoms with Gasteiger partial charge in [0.05, 0.1) is 30.2 Å². The SMILES string of the molecule is Cc1cc(O)c(C)c(C(=O)NC(Cc2ccccc2)[C@H](O)C(=O)N2CC(F)(F)C(C)(C)[C@H]2C(=O)NCc2ccccn2)c1. The average Bonchev–Trinajstić information content (AvgIpc) is 3.16. The highest BCUT2D eigenvalue weighted by Crippen LogP contribution is 2.48. The van der Waals surface area contributed by atoms with E-state index >= 15 is 8.78 Å². The number of amides is 3. The maximum Gasteiger partial charge on any atom is 0.272 e. The number of nitrogens with zero attached hydrogens (tertiary/aromatic N) is 2. The molecule has 3 atom stereocenters. The van der Waals surface area contributed by atoms with E-state index in [0.29, 0.717) is 27.3 Å². The van der Waals surface area contributed by atoms with E-state index in [9.17, 15) is 24.6 Å². The van der Waals surface area contributed by atoms with Crippen molar-refractivity contribution in [1.82, 2.24) is 20.5 Å². The Morgan fingerprint density at radius 1 is 1.07 bits per heavy atom. The van der Waals surface area contributed by atoms with Crippen molar-refractivity contribution in [2.45, 2.75) is 64.8 Å². The molecule has 2 aromatic carbocycles. The second-order valence-corrected chi connectivity index (χ2v) is 11.5. The van der Waals surface area contributed by atoms with Crippen LogP contribution in [0.3, 0.4) is 0 Å². The van der Waals surface area contributed by atoms with E-state index in [-0.39, 0.29) is 24.3 Å². The molecule has 4 rings (SSSR count). The minimum absolute atomic E-state index is 0.0134. The van der Waals surface area contributed by atoms with Crippen molar-refractivity contribution in [3.8, 4) is 5.75 Å². The van der Waals surface area contributed by atoms with Crippen molar-refractivity contribution >= 4 is 17.7 Å². The highest BCUT2D eigenvalue weighted by Gasteiger charge is 2.64. The van der Waals surface area contributed by atoms with Crippen molar-refractivity contribution in [2.24, 2.45) is 5.41 Å². The lowest BCUT2D eigenvalue weighted by Gasteiger charge is -2.34. The van der Waals surface area contributed by atoms with Gasteiger partial charge in [-0.3, -0.25) is 19.4 Å². The van der Waals surface area contributed by atoms with Crippen LogP contribution in [0.15, 0.2) is 66.9 Å². The van der Waals surface area contributed by atoms with Gasteiger partial charge in [-0.15, -0.1) is 0 Å². The van der Waals surface area contributed by atoms with Crippen LogP contribution in [0.25, 0.3) is 0 Å². The van der Waals surface area contributed by atoms with E-state index < -0.39 is 53.8 Å². The molecule has 43 heavy (non-hydrogen) atoms. The van der Waals surface area contributed by atoms with Gasteiger partial charge in [-0.2, -0.15) is 0 Å². The zero-order valence-electron chi connectivity index (χ0n) is 24.5. The van der Waals surface area contributed by atoms with Crippen molar-refractivity contribution in [3.63, 3.8) is 0 Å². The fourth-order valence-electron chi connectivity index (χ4n) is 5.32. The Hall–Kier alpha value is -4.38. The van der Waals surface area contributed by atoms with E-state index in [1.165, 1.54) is 26.1 Å². The van der Waals surface area contributed by atoms with Crippen LogP contribution in [0.1, 0.15) is 46.6 Å². The number of benzene rings is 2. The van der Waals surface area contributed by atoms with Crippen LogP contribution in [0.4, 0.5) is 8.78 Å². The van der Waals surface area contributed by atoms with Crippen LogP contribution in [-0.2, 0) is 22.6 Å². The summed E-state index contributed by atoms with van der Waals surface area (Å²) in [4.78, 5) is 45.3. The van der Waals surface area contributed by atoms with Gasteiger partial charge in [-0.25, -0.2) is 8.78 Å². The number of pyridine rings is 1. The molecule has 1 aliphatic heterocycles. The number of likely N-dealkylation sites (tertiary alicyclic amines) is 1. The first-order valence-corrected chi connectivity index (χ1v) is 13.9. The number of phenols is 1. The van der Waals surface area contributed by atoms with Crippen LogP contribution in [0, 0.1) is 19.3 Å². The molecular weight excluding hydrogens is 558 g/mol. The van der Waals surface area contributed by atoms with Gasteiger partial charge in [0, 0.05) is 17.3 Å². The Bertz CT molecular complexity index is 1480. The summed E-state index contributed by atoms with van der Waals surface area (Å²) in [5.74, 6) is -6.15. The molecule has 1 fully saturated rings. The number of nitrogens with one attached hydrogen (secondary N) is 2. The van der Waals surface area contributed by atoms with Gasteiger partial charge >= 0.3 is 0 Å². The number of rotatable bonds is 9. The largest absolute Gasteiger partial charge is 0.508 e. The third kappa shape index (κ3) is 6.67. The number of aryl methyl sites for hydroxylation is 1. The minimum atomic E-state index is -3.45. The number of aromatic nitrogens is 1. The van der Waals surface area contributed by atoms with Gasteiger partial charge in [0.25, 0.3) is 17.7 Å². The maximum absolute atomic E-state index is 15.3. The summed E-state index contributed by atoms with van der Waals surface area (Å²) in [6, 6.07) is 14.0. The molecule has 0 spiro atoms. The van der Waals surface area contributed by atoms with Gasteiger partial charge < -0.3 is 25.7 Å². The zero-order chi connectivity index (χ0) is 31.5. The second kappa shape index (κ2) is 12.5. The molecule has 11 heteroatoms. The van der Waals surface area contributed by atoms with Crippen molar-refractivity contribution in [2.75, 3.05) is 6.54 Å². The molecule has 1 aromatic heterocycles. The van der Waals surface area contributed by atoms with Crippen LogP contribution >= 0.6 is 0 Å². The van der Waals surface area contributed by atoms with Crippen molar-refractivity contribution < 1.29 is 33.4 Å². The Labute approximate surface area is 248 Å². The standard InChI is InChI=1S/C32H36F2N4O5/c1-19-14-23(20(2)25(39)15-19)28(41)37-24(16-21-10-6-5-7-11-21)26(40)30(43)38-18-32(33,34)31(3,4)27(38)29(42)36-17-22-12-8-9-13-35-22/h5-15,24,26-27,39-40H,16-18H2,1-4H3,(H,36,42)(H,37,41)/t24?,26-,27+/m0/s1. The number of aliphatic hydroxyl groups excluding tert-OH is 1. The first kappa shape index (κ1) is 31.6. The van der Waals surface area contributed by atoms with Crippen LogP contribution in [0.5, 0.6) is 5.75 Å². The number of aliphatic hydroxyl groups is 1. The molecule has 0 aliphatic carbocycles. The number of carbonyl (C=O) groups is 3. The van der Waals surface area contributed by atoms with E-state index in [0.717, 1.165) is 0 Å². The number of aromatic hydroxyl groups is 1. The molecule has 0 bridgehead atoms. The third-order valence-corrected chi connectivity index (χ3v) is 8.03. The highest BCUT2D eigenvalue weighted by molar-refractivity contribution is 5.97. The molecule has 3 amide bonds. The lowest BCUT2D eigenvalue weighted by Crippen LogP contribution is -2.57. The van der Waals surface area contributed by atoms with E-state index in [1.54, 1.807) is 68.4 Å². The Kier molecular flexibility index (Phi) is 9.15. The first-order valence-electron chi connectivity index (χ1n) is 13.9. The number of hydrogen-bond donors (Lipinski definition) is 4. The fourth-order valence-corrected chi connectivity index (χ4v) is 5.32. The smallest absolute Gasteiger partial charge is 0.272 e. The maximum atomic E-state index is 15.3. The van der Waals surface area contributed by atoms with Crippen LogP contribution in [-0.4, -0.2) is 68.5 Å². The number of phenolic OH excluding ortho intramolecular Hbond substituents is 1. The molecule has 1 unspecified atom stereocenters. The molecule has 228 valence electrons.